The first-order valence-corrected chi connectivity index (χ1v) is 11.9. The summed E-state index contributed by atoms with van der Waals surface area (Å²) in [5, 5.41) is 20.9. The molecule has 0 spiro atoms. The highest BCUT2D eigenvalue weighted by Crippen LogP contribution is 2.25. The monoisotopic (exact) mass is 487 g/mol. The number of non-ortho nitro benzene ring substituents is 1. The van der Waals surface area contributed by atoms with Gasteiger partial charge in [0, 0.05) is 11.8 Å². The Morgan fingerprint density at radius 2 is 1.83 bits per heavy atom. The molecule has 0 N–H and O–H groups in total. The van der Waals surface area contributed by atoms with Crippen LogP contribution in [0.3, 0.4) is 0 Å². The summed E-state index contributed by atoms with van der Waals surface area (Å²) in [7, 11) is 0. The number of aromatic nitrogens is 4. The van der Waals surface area contributed by atoms with Gasteiger partial charge >= 0.3 is 0 Å². The van der Waals surface area contributed by atoms with Crippen molar-refractivity contribution in [3.05, 3.63) is 98.3 Å². The molecule has 3 aromatic carbocycles. The maximum absolute atomic E-state index is 13.5. The number of para-hydroxylation sites is 1. The Hall–Kier alpha value is -4.18. The van der Waals surface area contributed by atoms with Gasteiger partial charge in [-0.2, -0.15) is 0 Å². The molecule has 0 saturated carbocycles. The van der Waals surface area contributed by atoms with E-state index in [1.807, 2.05) is 54.6 Å². The minimum absolute atomic E-state index is 0.0190. The summed E-state index contributed by atoms with van der Waals surface area (Å²) in [5.74, 6) is 1.39. The van der Waals surface area contributed by atoms with Gasteiger partial charge in [0.15, 0.2) is 5.16 Å². The maximum Gasteiger partial charge on any atom is 0.273 e. The standard InChI is InChI=1S/C25H21N5O4S/c1-16-7-5-12-21(17(16)2)28-23(31)20-10-3-4-11-22(20)29-24(28)26-27-25(29)35-14-13-34-19-9-6-8-18(15-19)30(32)33/h3-12,15H,13-14H2,1-2H3. The largest absolute Gasteiger partial charge is 0.492 e. The van der Waals surface area contributed by atoms with E-state index in [1.165, 1.54) is 23.9 Å². The van der Waals surface area contributed by atoms with Crippen molar-refractivity contribution >= 4 is 34.1 Å². The van der Waals surface area contributed by atoms with Gasteiger partial charge in [0.1, 0.15) is 5.75 Å². The lowest BCUT2D eigenvalue weighted by Gasteiger charge is -2.14. The summed E-state index contributed by atoms with van der Waals surface area (Å²) in [6.07, 6.45) is 0. The van der Waals surface area contributed by atoms with Gasteiger partial charge in [-0.1, -0.05) is 42.1 Å². The number of nitro benzene ring substituents is 1. The van der Waals surface area contributed by atoms with Crippen molar-refractivity contribution in [2.24, 2.45) is 0 Å². The number of hydrogen-bond acceptors (Lipinski definition) is 7. The minimum atomic E-state index is -0.454. The summed E-state index contributed by atoms with van der Waals surface area (Å²) in [6, 6.07) is 19.3. The quantitative estimate of drug-likeness (QED) is 0.141. The van der Waals surface area contributed by atoms with E-state index in [9.17, 15) is 14.9 Å². The average Bonchev–Trinajstić information content (AvgIpc) is 3.28. The Bertz CT molecular complexity index is 1640. The molecule has 10 heteroatoms. The molecule has 0 bridgehead atoms. The Morgan fingerprint density at radius 1 is 1.03 bits per heavy atom. The fourth-order valence-electron chi connectivity index (χ4n) is 3.95. The highest BCUT2D eigenvalue weighted by Gasteiger charge is 2.19. The molecular weight excluding hydrogens is 466 g/mol. The number of aryl methyl sites for hydroxylation is 1. The van der Waals surface area contributed by atoms with Crippen molar-refractivity contribution in [2.75, 3.05) is 12.4 Å². The molecule has 9 nitrogen and oxygen atoms in total. The van der Waals surface area contributed by atoms with E-state index in [4.69, 9.17) is 4.74 Å². The number of nitro groups is 1. The first-order valence-electron chi connectivity index (χ1n) is 10.9. The van der Waals surface area contributed by atoms with Crippen molar-refractivity contribution in [3.8, 4) is 11.4 Å². The van der Waals surface area contributed by atoms with Gasteiger partial charge in [0.25, 0.3) is 11.2 Å². The Labute approximate surface area is 204 Å². The lowest BCUT2D eigenvalue weighted by atomic mass is 10.1. The summed E-state index contributed by atoms with van der Waals surface area (Å²) >= 11 is 1.43. The molecule has 0 radical (unpaired) electrons. The van der Waals surface area contributed by atoms with E-state index in [0.29, 0.717) is 34.4 Å². The lowest BCUT2D eigenvalue weighted by Crippen LogP contribution is -2.22. The zero-order valence-electron chi connectivity index (χ0n) is 19.0. The van der Waals surface area contributed by atoms with Gasteiger partial charge in [-0.3, -0.25) is 19.3 Å². The van der Waals surface area contributed by atoms with Crippen LogP contribution in [0, 0.1) is 24.0 Å². The van der Waals surface area contributed by atoms with Gasteiger partial charge in [-0.05, 0) is 49.2 Å². The van der Waals surface area contributed by atoms with Crippen LogP contribution in [0.4, 0.5) is 5.69 Å². The van der Waals surface area contributed by atoms with Crippen molar-refractivity contribution in [2.45, 2.75) is 19.0 Å². The van der Waals surface area contributed by atoms with E-state index < -0.39 is 4.92 Å². The third-order valence-corrected chi connectivity index (χ3v) is 6.72. The second-order valence-corrected chi connectivity index (χ2v) is 9.01. The molecule has 0 amide bonds. The zero-order chi connectivity index (χ0) is 24.5. The molecule has 2 heterocycles. The van der Waals surface area contributed by atoms with Crippen LogP contribution in [0.15, 0.2) is 76.7 Å². The molecule has 5 aromatic rings. The maximum atomic E-state index is 13.5. The first kappa shape index (κ1) is 22.6. The summed E-state index contributed by atoms with van der Waals surface area (Å²) in [5.41, 5.74) is 3.39. The van der Waals surface area contributed by atoms with E-state index in [0.717, 1.165) is 22.3 Å². The topological polar surface area (TPSA) is 105 Å². The lowest BCUT2D eigenvalue weighted by molar-refractivity contribution is -0.384. The van der Waals surface area contributed by atoms with E-state index in [1.54, 1.807) is 22.8 Å². The van der Waals surface area contributed by atoms with Gasteiger partial charge < -0.3 is 4.74 Å². The molecule has 0 fully saturated rings. The van der Waals surface area contributed by atoms with Gasteiger partial charge in [-0.15, -0.1) is 10.2 Å². The number of fused-ring (bicyclic) bond motifs is 3. The summed E-state index contributed by atoms with van der Waals surface area (Å²) < 4.78 is 9.20. The summed E-state index contributed by atoms with van der Waals surface area (Å²) in [6.45, 7) is 4.31. The second-order valence-electron chi connectivity index (χ2n) is 7.95. The number of nitrogens with zero attached hydrogens (tertiary/aromatic N) is 5. The Kier molecular flexibility index (Phi) is 5.96. The van der Waals surface area contributed by atoms with Gasteiger partial charge in [-0.25, -0.2) is 4.57 Å². The minimum Gasteiger partial charge on any atom is -0.492 e. The van der Waals surface area contributed by atoms with Crippen molar-refractivity contribution in [1.29, 1.82) is 0 Å². The highest BCUT2D eigenvalue weighted by molar-refractivity contribution is 7.99. The second kappa shape index (κ2) is 9.22. The van der Waals surface area contributed by atoms with Crippen LogP contribution in [0.5, 0.6) is 5.75 Å². The molecule has 0 saturated heterocycles. The summed E-state index contributed by atoms with van der Waals surface area (Å²) in [4.78, 5) is 24.0. The molecule has 2 aromatic heterocycles. The third-order valence-electron chi connectivity index (χ3n) is 5.82. The Balaban J connectivity index is 1.50. The molecule has 35 heavy (non-hydrogen) atoms. The number of benzene rings is 3. The fourth-order valence-corrected chi connectivity index (χ4v) is 4.70. The molecule has 5 rings (SSSR count). The predicted octanol–water partition coefficient (Wildman–Crippen LogP) is 4.73. The van der Waals surface area contributed by atoms with Crippen LogP contribution in [0.1, 0.15) is 11.1 Å². The van der Waals surface area contributed by atoms with Crippen LogP contribution in [0.25, 0.3) is 22.4 Å². The average molecular weight is 488 g/mol. The van der Waals surface area contributed by atoms with Crippen LogP contribution < -0.4 is 10.3 Å². The normalized spacial score (nSPS) is 11.3. The van der Waals surface area contributed by atoms with Crippen molar-refractivity contribution in [3.63, 3.8) is 0 Å². The SMILES string of the molecule is Cc1cccc(-n2c(=O)c3ccccc3n3c(SCCOc4cccc([N+](=O)[O-])c4)nnc23)c1C. The molecule has 0 unspecified atom stereocenters. The number of ether oxygens (including phenoxy) is 1. The third kappa shape index (κ3) is 4.12. The molecule has 0 aliphatic rings. The smallest absolute Gasteiger partial charge is 0.273 e. The number of rotatable bonds is 7. The number of hydrogen-bond donors (Lipinski definition) is 0. The van der Waals surface area contributed by atoms with Crippen molar-refractivity contribution in [1.82, 2.24) is 19.2 Å². The van der Waals surface area contributed by atoms with Gasteiger partial charge in [0.05, 0.1) is 34.2 Å². The molecule has 176 valence electrons. The van der Waals surface area contributed by atoms with E-state index in [-0.39, 0.29) is 11.2 Å². The Morgan fingerprint density at radius 3 is 2.66 bits per heavy atom. The fraction of sp³-hybridized carbons (Fsp3) is 0.160. The van der Waals surface area contributed by atoms with Crippen LogP contribution in [-0.2, 0) is 0 Å². The molecule has 0 aliphatic carbocycles. The zero-order valence-corrected chi connectivity index (χ0v) is 19.9. The van der Waals surface area contributed by atoms with Crippen molar-refractivity contribution < 1.29 is 9.66 Å². The molecule has 0 aliphatic heterocycles. The van der Waals surface area contributed by atoms with E-state index in [2.05, 4.69) is 10.2 Å². The van der Waals surface area contributed by atoms with Crippen LogP contribution in [0.2, 0.25) is 0 Å². The van der Waals surface area contributed by atoms with Gasteiger partial charge in [0.2, 0.25) is 5.78 Å². The molecular formula is C25H21N5O4S. The molecule has 0 atom stereocenters. The highest BCUT2D eigenvalue weighted by atomic mass is 32.2. The number of thioether (sulfide) groups is 1. The first-order chi connectivity index (χ1) is 17.0. The predicted molar refractivity (Wildman–Crippen MR) is 135 cm³/mol. The van der Waals surface area contributed by atoms with Crippen LogP contribution >= 0.6 is 11.8 Å². The van der Waals surface area contributed by atoms with Crippen LogP contribution in [-0.4, -0.2) is 36.4 Å². The van der Waals surface area contributed by atoms with E-state index >= 15 is 0 Å².